The molecule has 2 atom stereocenters. The van der Waals surface area contributed by atoms with E-state index in [-0.39, 0.29) is 46.5 Å². The van der Waals surface area contributed by atoms with Gasteiger partial charge in [0.15, 0.2) is 0 Å². The summed E-state index contributed by atoms with van der Waals surface area (Å²) in [5.74, 6) is 3.01. The fourth-order valence-corrected chi connectivity index (χ4v) is 13.3. The first-order chi connectivity index (χ1) is 44.0. The maximum absolute atomic E-state index is 12.0. The molecule has 1 aromatic heterocycles. The monoisotopic (exact) mass is 1460 g/mol. The van der Waals surface area contributed by atoms with Gasteiger partial charge < -0.3 is 14.2 Å². The molecular weight excluding hydrogens is 1360 g/mol. The van der Waals surface area contributed by atoms with Crippen molar-refractivity contribution in [1.82, 2.24) is 14.8 Å². The van der Waals surface area contributed by atoms with Crippen LogP contribution in [0.5, 0.6) is 17.4 Å². The van der Waals surface area contributed by atoms with Gasteiger partial charge in [0, 0.05) is 31.3 Å². The number of ether oxygens (including phenoxy) is 3. The summed E-state index contributed by atoms with van der Waals surface area (Å²) in [6.07, 6.45) is 2.09. The molecule has 0 radical (unpaired) electrons. The summed E-state index contributed by atoms with van der Waals surface area (Å²) in [6, 6.07) is 45.6. The van der Waals surface area contributed by atoms with Crippen molar-refractivity contribution in [2.75, 3.05) is 39.9 Å². The highest BCUT2D eigenvalue weighted by atomic mass is 35.5. The van der Waals surface area contributed by atoms with E-state index < -0.39 is 6.36 Å². The van der Waals surface area contributed by atoms with Crippen LogP contribution in [0.2, 0.25) is 35.2 Å². The molecule has 528 valence electrons. The predicted octanol–water partition coefficient (Wildman–Crippen LogP) is 26.6. The Kier molecular flexibility index (Phi) is 32.2. The number of likely N-dealkylation sites (tertiary alicyclic amines) is 2. The third-order valence-corrected chi connectivity index (χ3v) is 18.7. The molecule has 0 spiro atoms. The lowest BCUT2D eigenvalue weighted by Crippen LogP contribution is -2.40. The Morgan fingerprint density at radius 1 is 0.458 bits per heavy atom. The zero-order valence-corrected chi connectivity index (χ0v) is 64.2. The van der Waals surface area contributed by atoms with Crippen LogP contribution in [-0.2, 0) is 16.2 Å². The average Bonchev–Trinajstić information content (AvgIpc) is 0.824. The number of nitrogens with zero attached hydrogens (tertiary/aromatic N) is 3. The Morgan fingerprint density at radius 2 is 0.844 bits per heavy atom. The van der Waals surface area contributed by atoms with Gasteiger partial charge in [0.25, 0.3) is 0 Å². The van der Waals surface area contributed by atoms with Crippen LogP contribution in [0, 0.1) is 28.6 Å². The lowest BCUT2D eigenvalue weighted by molar-refractivity contribution is -0.274. The maximum atomic E-state index is 12.0. The predicted molar refractivity (Wildman–Crippen MR) is 406 cm³/mol. The number of methoxy groups -OCH3 is 1. The summed E-state index contributed by atoms with van der Waals surface area (Å²) < 4.78 is 50.5. The number of piperidine rings is 2. The summed E-state index contributed by atoms with van der Waals surface area (Å²) in [5.41, 5.74) is 8.67. The van der Waals surface area contributed by atoms with Gasteiger partial charge in [-0.15, -0.1) is 13.2 Å². The van der Waals surface area contributed by atoms with Crippen molar-refractivity contribution < 1.29 is 27.4 Å². The molecule has 2 fully saturated rings. The van der Waals surface area contributed by atoms with E-state index in [0.717, 1.165) is 55.4 Å². The molecule has 96 heavy (non-hydrogen) atoms. The number of hydrogen-bond acceptors (Lipinski definition) is 6. The number of hydrogen-bond donors (Lipinski definition) is 0. The van der Waals surface area contributed by atoms with Gasteiger partial charge in [-0.2, -0.15) is 0 Å². The van der Waals surface area contributed by atoms with E-state index in [4.69, 9.17) is 90.7 Å². The SMILES string of the molecule is C.CC(C)(C)C1CCN([C@@H](c2ccccc2)c2cc(Cl)cc(Cl)c2)CC1.CC(C)(C)C1CCN([C@H](c2ccccc2)c2cc(Cl)cc(Cl)c2)CC1.CC(C)(C)c1cc(Cl)cc(OC(F)(F)F)c1.CC(C)COc1ncc(C(C)(C)C)cc1Cl.COc1ccc(C(C)(C)C)cc1Cl. The van der Waals surface area contributed by atoms with Crippen LogP contribution in [0.4, 0.5) is 13.2 Å². The third-order valence-electron chi connectivity index (χ3n) is 17.1. The van der Waals surface area contributed by atoms with Gasteiger partial charge in [-0.1, -0.05) is 273 Å². The average molecular weight is 1460 g/mol. The smallest absolute Gasteiger partial charge is 0.495 e. The summed E-state index contributed by atoms with van der Waals surface area (Å²) in [5, 5.41) is 4.30. The molecule has 6 aromatic carbocycles. The molecular formula is C80H105Cl7F3N3O3. The molecule has 16 heteroatoms. The van der Waals surface area contributed by atoms with Crippen molar-refractivity contribution >= 4 is 81.2 Å². The molecule has 0 amide bonds. The van der Waals surface area contributed by atoms with Gasteiger partial charge in [-0.3, -0.25) is 9.80 Å². The van der Waals surface area contributed by atoms with Crippen LogP contribution in [0.3, 0.4) is 0 Å². The zero-order chi connectivity index (χ0) is 71.0. The van der Waals surface area contributed by atoms with E-state index in [0.29, 0.717) is 64.9 Å². The first kappa shape index (κ1) is 84.0. The number of alkyl halides is 3. The first-order valence-electron chi connectivity index (χ1n) is 32.7. The highest BCUT2D eigenvalue weighted by Crippen LogP contribution is 2.42. The van der Waals surface area contributed by atoms with Crippen LogP contribution >= 0.6 is 81.2 Å². The fraction of sp³-hybridized carbons (Fsp3) is 0.487. The van der Waals surface area contributed by atoms with Crippen LogP contribution < -0.4 is 14.2 Å². The highest BCUT2D eigenvalue weighted by Gasteiger charge is 2.35. The molecule has 0 bridgehead atoms. The van der Waals surface area contributed by atoms with Crippen LogP contribution in [0.25, 0.3) is 0 Å². The standard InChI is InChI=1S/2C22H27Cl2N.C13H20ClNO.C11H12ClF3O.C11H15ClO.CH4/c2*1-22(2,3)18-9-11-25(12-10-18)21(16-7-5-4-6-8-16)17-13-19(23)15-20(24)14-17;1-9(2)8-16-12-11(14)6-10(7-15-12)13(3,4)5;1-10(2,3)7-4-8(12)6-9(5-7)16-11(13,14)15;1-11(2,3)8-5-6-10(13-4)9(12)7-8;/h2*4-8,13-15,18,21H,9-12H2,1-3H3;6-7,9H,8H2,1-5H3;4-6H,1-3H3;5-7H,1-4H3;1H4/t2*21-;;;;/m10..../s1. The molecule has 2 aliphatic rings. The molecule has 2 saturated heterocycles. The second kappa shape index (κ2) is 36.8. The Morgan fingerprint density at radius 3 is 1.18 bits per heavy atom. The topological polar surface area (TPSA) is 47.1 Å². The van der Waals surface area contributed by atoms with E-state index in [1.165, 1.54) is 59.6 Å². The van der Waals surface area contributed by atoms with Crippen molar-refractivity contribution in [3.8, 4) is 17.4 Å². The number of benzene rings is 6. The first-order valence-corrected chi connectivity index (χ1v) is 35.4. The molecule has 0 saturated carbocycles. The van der Waals surface area contributed by atoms with Gasteiger partial charge in [0.05, 0.1) is 30.8 Å². The van der Waals surface area contributed by atoms with E-state index in [2.05, 4.69) is 201 Å². The largest absolute Gasteiger partial charge is 0.573 e. The van der Waals surface area contributed by atoms with Crippen molar-refractivity contribution in [3.63, 3.8) is 0 Å². The minimum absolute atomic E-state index is 0. The molecule has 2 aliphatic heterocycles. The van der Waals surface area contributed by atoms with E-state index in [1.807, 2.05) is 51.2 Å². The Balaban J connectivity index is 0.000000261. The summed E-state index contributed by atoms with van der Waals surface area (Å²) in [4.78, 5) is 9.43. The second-order valence-corrected chi connectivity index (χ2v) is 33.4. The molecule has 0 unspecified atom stereocenters. The van der Waals surface area contributed by atoms with Gasteiger partial charge in [-0.25, -0.2) is 4.98 Å². The summed E-state index contributed by atoms with van der Waals surface area (Å²) in [7, 11) is 1.62. The van der Waals surface area contributed by atoms with Crippen molar-refractivity contribution in [2.24, 2.45) is 28.6 Å². The van der Waals surface area contributed by atoms with E-state index >= 15 is 0 Å². The van der Waals surface area contributed by atoms with Gasteiger partial charge in [-0.05, 0) is 208 Å². The molecule has 9 rings (SSSR count). The van der Waals surface area contributed by atoms with E-state index in [1.54, 1.807) is 25.3 Å². The molecule has 0 N–H and O–H groups in total. The third kappa shape index (κ3) is 27.6. The van der Waals surface area contributed by atoms with Crippen LogP contribution in [-0.4, -0.2) is 61.0 Å². The second-order valence-electron chi connectivity index (χ2n) is 30.4. The van der Waals surface area contributed by atoms with Gasteiger partial charge in [0.2, 0.25) is 5.88 Å². The Hall–Kier alpha value is -4.39. The van der Waals surface area contributed by atoms with Crippen LogP contribution in [0.15, 0.2) is 146 Å². The lowest BCUT2D eigenvalue weighted by atomic mass is 9.75. The van der Waals surface area contributed by atoms with Gasteiger partial charge >= 0.3 is 6.36 Å². The van der Waals surface area contributed by atoms with Crippen molar-refractivity contribution in [3.05, 3.63) is 220 Å². The Labute approximate surface area is 610 Å². The van der Waals surface area contributed by atoms with Gasteiger partial charge in [0.1, 0.15) is 16.5 Å². The van der Waals surface area contributed by atoms with Crippen molar-refractivity contribution in [2.45, 2.75) is 186 Å². The lowest BCUT2D eigenvalue weighted by Gasteiger charge is -2.42. The molecule has 7 aromatic rings. The number of halogens is 10. The minimum Gasteiger partial charge on any atom is -0.495 e. The normalized spacial score (nSPS) is 15.2. The Bertz CT molecular complexity index is 3320. The quantitative estimate of drug-likeness (QED) is 0.129. The number of aromatic nitrogens is 1. The molecule has 3 heterocycles. The van der Waals surface area contributed by atoms with E-state index in [9.17, 15) is 13.2 Å². The maximum Gasteiger partial charge on any atom is 0.573 e. The summed E-state index contributed by atoms with van der Waals surface area (Å²) >= 11 is 43.1. The number of pyridine rings is 1. The molecule has 6 nitrogen and oxygen atoms in total. The minimum atomic E-state index is -4.69. The van der Waals surface area contributed by atoms with Crippen molar-refractivity contribution in [1.29, 1.82) is 0 Å². The highest BCUT2D eigenvalue weighted by molar-refractivity contribution is 6.35. The zero-order valence-electron chi connectivity index (χ0n) is 59.0. The fourth-order valence-electron chi connectivity index (χ4n) is 11.5. The molecule has 0 aliphatic carbocycles. The number of rotatable bonds is 11. The van der Waals surface area contributed by atoms with Crippen LogP contribution in [0.1, 0.15) is 202 Å². The summed E-state index contributed by atoms with van der Waals surface area (Å²) in [6.45, 7) is 41.9.